The summed E-state index contributed by atoms with van der Waals surface area (Å²) in [7, 11) is 1.97. The molecule has 3 rings (SSSR count). The van der Waals surface area contributed by atoms with Gasteiger partial charge in [-0.05, 0) is 18.9 Å². The van der Waals surface area contributed by atoms with Gasteiger partial charge in [0.1, 0.15) is 5.76 Å². The number of nitrogens with zero attached hydrogens (tertiary/aromatic N) is 2. The van der Waals surface area contributed by atoms with Crippen LogP contribution >= 0.6 is 0 Å². The maximum absolute atomic E-state index is 5.67. The highest BCUT2D eigenvalue weighted by molar-refractivity contribution is 5.68. The first-order valence-electron chi connectivity index (χ1n) is 7.29. The largest absolute Gasteiger partial charge is 0.467 e. The Bertz CT molecular complexity index is 600. The Labute approximate surface area is 120 Å². The third-order valence-corrected chi connectivity index (χ3v) is 3.70. The molecule has 0 bridgehead atoms. The van der Waals surface area contributed by atoms with E-state index in [1.54, 1.807) is 6.26 Å². The summed E-state index contributed by atoms with van der Waals surface area (Å²) < 4.78 is 7.56. The van der Waals surface area contributed by atoms with Gasteiger partial charge in [-0.2, -0.15) is 5.10 Å². The fraction of sp³-hybridized carbons (Fsp3) is 0.562. The summed E-state index contributed by atoms with van der Waals surface area (Å²) in [5, 5.41) is 8.15. The second-order valence-corrected chi connectivity index (χ2v) is 6.73. The van der Waals surface area contributed by atoms with Gasteiger partial charge in [0.2, 0.25) is 0 Å². The fourth-order valence-corrected chi connectivity index (χ4v) is 2.48. The molecule has 2 aromatic rings. The topological polar surface area (TPSA) is 43.0 Å². The van der Waals surface area contributed by atoms with Gasteiger partial charge in [-0.15, -0.1) is 0 Å². The molecule has 20 heavy (non-hydrogen) atoms. The van der Waals surface area contributed by atoms with Gasteiger partial charge in [-0.1, -0.05) is 20.8 Å². The van der Waals surface area contributed by atoms with Crippen LogP contribution in [0.5, 0.6) is 0 Å². The highest BCUT2D eigenvalue weighted by Crippen LogP contribution is 2.34. The Morgan fingerprint density at radius 3 is 2.75 bits per heavy atom. The molecule has 4 heteroatoms. The second-order valence-electron chi connectivity index (χ2n) is 6.73. The van der Waals surface area contributed by atoms with Gasteiger partial charge >= 0.3 is 0 Å². The van der Waals surface area contributed by atoms with E-state index in [1.165, 1.54) is 18.4 Å². The average Bonchev–Trinajstić information content (AvgIpc) is 2.92. The van der Waals surface area contributed by atoms with E-state index >= 15 is 0 Å². The van der Waals surface area contributed by atoms with E-state index in [-0.39, 0.29) is 5.41 Å². The monoisotopic (exact) mass is 273 g/mol. The molecule has 0 atom stereocenters. The molecule has 1 aliphatic rings. The summed E-state index contributed by atoms with van der Waals surface area (Å²) in [5.41, 5.74) is 3.49. The van der Waals surface area contributed by atoms with Crippen molar-refractivity contribution in [3.8, 4) is 11.1 Å². The molecule has 4 nitrogen and oxygen atoms in total. The summed E-state index contributed by atoms with van der Waals surface area (Å²) >= 11 is 0. The maximum atomic E-state index is 5.67. The minimum atomic E-state index is 0.0229. The zero-order valence-electron chi connectivity index (χ0n) is 12.7. The molecule has 0 radical (unpaired) electrons. The van der Waals surface area contributed by atoms with Crippen molar-refractivity contribution in [2.24, 2.45) is 7.05 Å². The minimum Gasteiger partial charge on any atom is -0.467 e. The smallest absolute Gasteiger partial charge is 0.125 e. The van der Waals surface area contributed by atoms with Gasteiger partial charge in [0.25, 0.3) is 0 Å². The minimum absolute atomic E-state index is 0.0229. The molecule has 0 unspecified atom stereocenters. The van der Waals surface area contributed by atoms with Gasteiger partial charge in [0, 0.05) is 35.8 Å². The van der Waals surface area contributed by atoms with Crippen molar-refractivity contribution in [2.75, 3.05) is 0 Å². The number of nitrogens with one attached hydrogen (secondary N) is 1. The Morgan fingerprint density at radius 1 is 1.35 bits per heavy atom. The number of rotatable bonds is 4. The first kappa shape index (κ1) is 13.4. The Balaban J connectivity index is 1.94. The standard InChI is InChI=1S/C16H23N3O/c1-16(2,3)15-13(10-19(4)18-15)12-7-8-20-14(12)9-17-11-5-6-11/h7-8,10-11,17H,5-6,9H2,1-4H3. The van der Waals surface area contributed by atoms with E-state index in [0.29, 0.717) is 6.04 Å². The lowest BCUT2D eigenvalue weighted by atomic mass is 9.87. The van der Waals surface area contributed by atoms with Crippen molar-refractivity contribution in [2.45, 2.75) is 51.6 Å². The number of hydrogen-bond donors (Lipinski definition) is 1. The van der Waals surface area contributed by atoms with Crippen molar-refractivity contribution in [1.82, 2.24) is 15.1 Å². The van der Waals surface area contributed by atoms with Crippen LogP contribution in [0.15, 0.2) is 22.9 Å². The van der Waals surface area contributed by atoms with E-state index in [1.807, 2.05) is 11.7 Å². The highest BCUT2D eigenvalue weighted by atomic mass is 16.3. The van der Waals surface area contributed by atoms with Crippen LogP contribution in [0.3, 0.4) is 0 Å². The normalized spacial score (nSPS) is 15.8. The van der Waals surface area contributed by atoms with E-state index in [9.17, 15) is 0 Å². The van der Waals surface area contributed by atoms with Crippen LogP contribution in [0, 0.1) is 0 Å². The van der Waals surface area contributed by atoms with Crippen molar-refractivity contribution in [3.63, 3.8) is 0 Å². The van der Waals surface area contributed by atoms with Crippen LogP contribution in [0.1, 0.15) is 45.1 Å². The highest BCUT2D eigenvalue weighted by Gasteiger charge is 2.26. The molecular weight excluding hydrogens is 250 g/mol. The van der Waals surface area contributed by atoms with Gasteiger partial charge in [0.15, 0.2) is 0 Å². The average molecular weight is 273 g/mol. The molecule has 1 aliphatic carbocycles. The van der Waals surface area contributed by atoms with Crippen molar-refractivity contribution < 1.29 is 4.42 Å². The number of aromatic nitrogens is 2. The van der Waals surface area contributed by atoms with Gasteiger partial charge in [-0.3, -0.25) is 4.68 Å². The summed E-state index contributed by atoms with van der Waals surface area (Å²) in [6, 6.07) is 2.74. The second kappa shape index (κ2) is 4.77. The number of aryl methyl sites for hydroxylation is 1. The molecule has 2 heterocycles. The van der Waals surface area contributed by atoms with Crippen LogP contribution < -0.4 is 5.32 Å². The molecule has 0 amide bonds. The number of hydrogen-bond acceptors (Lipinski definition) is 3. The molecule has 108 valence electrons. The Hall–Kier alpha value is -1.55. The van der Waals surface area contributed by atoms with Gasteiger partial charge in [0.05, 0.1) is 18.5 Å². The van der Waals surface area contributed by atoms with Crippen LogP contribution in [-0.4, -0.2) is 15.8 Å². The van der Waals surface area contributed by atoms with Crippen molar-refractivity contribution in [3.05, 3.63) is 30.0 Å². The van der Waals surface area contributed by atoms with E-state index < -0.39 is 0 Å². The van der Waals surface area contributed by atoms with E-state index in [2.05, 4.69) is 43.4 Å². The van der Waals surface area contributed by atoms with E-state index in [4.69, 9.17) is 4.42 Å². The first-order valence-corrected chi connectivity index (χ1v) is 7.29. The third kappa shape index (κ3) is 2.66. The summed E-state index contributed by atoms with van der Waals surface area (Å²) in [6.07, 6.45) is 6.44. The molecule has 1 saturated carbocycles. The van der Waals surface area contributed by atoms with Crippen molar-refractivity contribution >= 4 is 0 Å². The van der Waals surface area contributed by atoms with Crippen LogP contribution in [0.2, 0.25) is 0 Å². The zero-order valence-corrected chi connectivity index (χ0v) is 12.7. The predicted octanol–water partition coefficient (Wildman–Crippen LogP) is 3.23. The number of furan rings is 1. The van der Waals surface area contributed by atoms with Crippen LogP contribution in [0.4, 0.5) is 0 Å². The summed E-state index contributed by atoms with van der Waals surface area (Å²) in [6.45, 7) is 7.38. The molecule has 0 saturated heterocycles. The molecule has 0 spiro atoms. The van der Waals surface area contributed by atoms with Crippen LogP contribution in [0.25, 0.3) is 11.1 Å². The lowest BCUT2D eigenvalue weighted by Gasteiger charge is -2.17. The Kier molecular flexibility index (Phi) is 3.21. The van der Waals surface area contributed by atoms with Gasteiger partial charge in [-0.25, -0.2) is 0 Å². The zero-order chi connectivity index (χ0) is 14.3. The Morgan fingerprint density at radius 2 is 2.10 bits per heavy atom. The lowest BCUT2D eigenvalue weighted by molar-refractivity contribution is 0.483. The summed E-state index contributed by atoms with van der Waals surface area (Å²) in [4.78, 5) is 0. The summed E-state index contributed by atoms with van der Waals surface area (Å²) in [5.74, 6) is 1.01. The molecule has 1 N–H and O–H groups in total. The van der Waals surface area contributed by atoms with Crippen LogP contribution in [-0.2, 0) is 19.0 Å². The molecule has 0 aromatic carbocycles. The molecule has 1 fully saturated rings. The first-order chi connectivity index (χ1) is 9.45. The third-order valence-electron chi connectivity index (χ3n) is 3.70. The molecule has 0 aliphatic heterocycles. The lowest BCUT2D eigenvalue weighted by Crippen LogP contribution is -2.16. The van der Waals surface area contributed by atoms with E-state index in [0.717, 1.165) is 23.6 Å². The molecular formula is C16H23N3O. The van der Waals surface area contributed by atoms with Gasteiger partial charge < -0.3 is 9.73 Å². The quantitative estimate of drug-likeness (QED) is 0.930. The SMILES string of the molecule is Cn1cc(-c2ccoc2CNC2CC2)c(C(C)(C)C)n1. The maximum Gasteiger partial charge on any atom is 0.125 e. The fourth-order valence-electron chi connectivity index (χ4n) is 2.48. The predicted molar refractivity (Wildman–Crippen MR) is 79.5 cm³/mol. The van der Waals surface area contributed by atoms with Crippen molar-refractivity contribution in [1.29, 1.82) is 0 Å². The molecule has 2 aromatic heterocycles.